The van der Waals surface area contributed by atoms with E-state index in [0.717, 1.165) is 19.3 Å². The molecule has 0 heterocycles. The van der Waals surface area contributed by atoms with E-state index in [1.165, 1.54) is 19.1 Å². The summed E-state index contributed by atoms with van der Waals surface area (Å²) in [6.07, 6.45) is 3.21. The highest BCUT2D eigenvalue weighted by atomic mass is 32.2. The van der Waals surface area contributed by atoms with Gasteiger partial charge in [-0.1, -0.05) is 6.42 Å². The Morgan fingerprint density at radius 3 is 2.60 bits per heavy atom. The molecule has 0 radical (unpaired) electrons. The normalized spacial score (nSPS) is 17.8. The third-order valence-electron chi connectivity index (χ3n) is 3.98. The molecule has 1 aromatic rings. The standard InChI is InChI=1S/C14H20FNO3S/c1-9-6-13(7-12(8-17)14(9)15)20(18,19)16-10(2)11-4-3-5-11/h6-7,10-11,16-17H,3-5,8H2,1-2H3. The first-order valence-corrected chi connectivity index (χ1v) is 8.25. The van der Waals surface area contributed by atoms with E-state index < -0.39 is 22.4 Å². The molecule has 1 aliphatic carbocycles. The lowest BCUT2D eigenvalue weighted by molar-refractivity contribution is 0.260. The summed E-state index contributed by atoms with van der Waals surface area (Å²) in [6.45, 7) is 2.82. The van der Waals surface area contributed by atoms with E-state index in [-0.39, 0.29) is 22.1 Å². The lowest BCUT2D eigenvalue weighted by atomic mass is 9.81. The van der Waals surface area contributed by atoms with Crippen LogP contribution in [0.3, 0.4) is 0 Å². The first kappa shape index (κ1) is 15.4. The third-order valence-corrected chi connectivity index (χ3v) is 5.52. The lowest BCUT2D eigenvalue weighted by Gasteiger charge is -2.31. The van der Waals surface area contributed by atoms with Crippen LogP contribution in [-0.2, 0) is 16.6 Å². The van der Waals surface area contributed by atoms with E-state index >= 15 is 0 Å². The Labute approximate surface area is 119 Å². The van der Waals surface area contributed by atoms with Crippen LogP contribution in [0.25, 0.3) is 0 Å². The van der Waals surface area contributed by atoms with Crippen LogP contribution in [0.2, 0.25) is 0 Å². The van der Waals surface area contributed by atoms with Gasteiger partial charge in [0.15, 0.2) is 0 Å². The van der Waals surface area contributed by atoms with Crippen molar-refractivity contribution in [3.63, 3.8) is 0 Å². The van der Waals surface area contributed by atoms with Crippen LogP contribution in [0, 0.1) is 18.7 Å². The molecule has 4 nitrogen and oxygen atoms in total. The molecule has 1 fully saturated rings. The fourth-order valence-electron chi connectivity index (χ4n) is 2.43. The van der Waals surface area contributed by atoms with Gasteiger partial charge in [0.1, 0.15) is 5.82 Å². The molecule has 0 saturated heterocycles. The number of hydrogen-bond donors (Lipinski definition) is 2. The van der Waals surface area contributed by atoms with E-state index in [1.807, 2.05) is 6.92 Å². The van der Waals surface area contributed by atoms with Crippen LogP contribution >= 0.6 is 0 Å². The van der Waals surface area contributed by atoms with Crippen LogP contribution in [-0.4, -0.2) is 19.6 Å². The van der Waals surface area contributed by atoms with Crippen LogP contribution < -0.4 is 4.72 Å². The summed E-state index contributed by atoms with van der Waals surface area (Å²) in [4.78, 5) is 0.00613. The number of nitrogens with one attached hydrogen (secondary N) is 1. The molecule has 0 aromatic heterocycles. The minimum Gasteiger partial charge on any atom is -0.392 e. The maximum Gasteiger partial charge on any atom is 0.240 e. The van der Waals surface area contributed by atoms with Crippen molar-refractivity contribution in [2.45, 2.75) is 50.7 Å². The zero-order chi connectivity index (χ0) is 14.9. The molecule has 6 heteroatoms. The summed E-state index contributed by atoms with van der Waals surface area (Å²) in [5.74, 6) is -0.179. The van der Waals surface area contributed by atoms with Gasteiger partial charge in [-0.3, -0.25) is 0 Å². The Kier molecular flexibility index (Phi) is 4.46. The second-order valence-electron chi connectivity index (χ2n) is 5.47. The zero-order valence-electron chi connectivity index (χ0n) is 11.7. The first-order valence-electron chi connectivity index (χ1n) is 6.77. The van der Waals surface area contributed by atoms with Crippen molar-refractivity contribution < 1.29 is 17.9 Å². The SMILES string of the molecule is Cc1cc(S(=O)(=O)NC(C)C2CCC2)cc(CO)c1F. The summed E-state index contributed by atoms with van der Waals surface area (Å²) < 4.78 is 40.9. The molecule has 0 bridgehead atoms. The Morgan fingerprint density at radius 2 is 2.10 bits per heavy atom. The third kappa shape index (κ3) is 3.02. The molecule has 1 aromatic carbocycles. The van der Waals surface area contributed by atoms with Crippen molar-refractivity contribution in [2.75, 3.05) is 0 Å². The number of aryl methyl sites for hydroxylation is 1. The zero-order valence-corrected chi connectivity index (χ0v) is 12.5. The van der Waals surface area contributed by atoms with E-state index in [4.69, 9.17) is 5.11 Å². The molecule has 0 aliphatic heterocycles. The van der Waals surface area contributed by atoms with Gasteiger partial charge >= 0.3 is 0 Å². The van der Waals surface area contributed by atoms with Crippen molar-refractivity contribution in [3.05, 3.63) is 29.1 Å². The van der Waals surface area contributed by atoms with E-state index in [0.29, 0.717) is 5.92 Å². The van der Waals surface area contributed by atoms with Gasteiger partial charge in [-0.15, -0.1) is 0 Å². The molecule has 0 spiro atoms. The van der Waals surface area contributed by atoms with Crippen LogP contribution in [0.5, 0.6) is 0 Å². The minimum absolute atomic E-state index is 0.00155. The largest absolute Gasteiger partial charge is 0.392 e. The molecular weight excluding hydrogens is 281 g/mol. The lowest BCUT2D eigenvalue weighted by Crippen LogP contribution is -2.40. The average Bonchev–Trinajstić information content (AvgIpc) is 2.29. The maximum absolute atomic E-state index is 13.6. The predicted octanol–water partition coefficient (Wildman–Crippen LogP) is 2.09. The van der Waals surface area contributed by atoms with Crippen LogP contribution in [0.15, 0.2) is 17.0 Å². The van der Waals surface area contributed by atoms with Gasteiger partial charge in [0.25, 0.3) is 0 Å². The molecule has 1 atom stereocenters. The number of aliphatic hydroxyl groups is 1. The molecule has 20 heavy (non-hydrogen) atoms. The second kappa shape index (κ2) is 5.79. The Balaban J connectivity index is 2.26. The summed E-state index contributed by atoms with van der Waals surface area (Å²) >= 11 is 0. The van der Waals surface area contributed by atoms with Gasteiger partial charge in [0.2, 0.25) is 10.0 Å². The van der Waals surface area contributed by atoms with Gasteiger partial charge in [-0.25, -0.2) is 17.5 Å². The van der Waals surface area contributed by atoms with Crippen LogP contribution in [0.1, 0.15) is 37.3 Å². The highest BCUT2D eigenvalue weighted by molar-refractivity contribution is 7.89. The molecule has 112 valence electrons. The number of rotatable bonds is 5. The molecule has 1 unspecified atom stereocenters. The average molecular weight is 301 g/mol. The molecule has 0 amide bonds. The number of hydrogen-bond acceptors (Lipinski definition) is 3. The fourth-order valence-corrected chi connectivity index (χ4v) is 3.87. The highest BCUT2D eigenvalue weighted by Gasteiger charge is 2.28. The van der Waals surface area contributed by atoms with Gasteiger partial charge in [-0.05, 0) is 50.3 Å². The van der Waals surface area contributed by atoms with E-state index in [9.17, 15) is 12.8 Å². The highest BCUT2D eigenvalue weighted by Crippen LogP contribution is 2.30. The molecular formula is C14H20FNO3S. The first-order chi connectivity index (χ1) is 9.35. The fraction of sp³-hybridized carbons (Fsp3) is 0.571. The van der Waals surface area contributed by atoms with Gasteiger partial charge in [0, 0.05) is 11.6 Å². The number of halogens is 1. The van der Waals surface area contributed by atoms with Gasteiger partial charge < -0.3 is 5.11 Å². The summed E-state index contributed by atoms with van der Waals surface area (Å²) in [6, 6.07) is 2.36. The predicted molar refractivity (Wildman–Crippen MR) is 74.2 cm³/mol. The van der Waals surface area contributed by atoms with Crippen molar-refractivity contribution in [2.24, 2.45) is 5.92 Å². The number of benzene rings is 1. The van der Waals surface area contributed by atoms with Crippen LogP contribution in [0.4, 0.5) is 4.39 Å². The molecule has 1 aliphatic rings. The molecule has 1 saturated carbocycles. The number of aliphatic hydroxyl groups excluding tert-OH is 1. The van der Waals surface area contributed by atoms with Crippen molar-refractivity contribution in [1.82, 2.24) is 4.72 Å². The van der Waals surface area contributed by atoms with Crippen molar-refractivity contribution in [3.8, 4) is 0 Å². The van der Waals surface area contributed by atoms with Crippen molar-refractivity contribution in [1.29, 1.82) is 0 Å². The van der Waals surface area contributed by atoms with Gasteiger partial charge in [0.05, 0.1) is 11.5 Å². The quantitative estimate of drug-likeness (QED) is 0.875. The minimum atomic E-state index is -3.68. The summed E-state index contributed by atoms with van der Waals surface area (Å²) in [5, 5.41) is 9.10. The summed E-state index contributed by atoms with van der Waals surface area (Å²) in [5.41, 5.74) is 0.217. The second-order valence-corrected chi connectivity index (χ2v) is 7.19. The number of sulfonamides is 1. The molecule has 2 N–H and O–H groups in total. The molecule has 2 rings (SSSR count). The Bertz CT molecular complexity index is 597. The maximum atomic E-state index is 13.6. The monoisotopic (exact) mass is 301 g/mol. The topological polar surface area (TPSA) is 66.4 Å². The van der Waals surface area contributed by atoms with Gasteiger partial charge in [-0.2, -0.15) is 0 Å². The van der Waals surface area contributed by atoms with Crippen molar-refractivity contribution >= 4 is 10.0 Å². The Hall–Kier alpha value is -0.980. The van der Waals surface area contributed by atoms with E-state index in [2.05, 4.69) is 4.72 Å². The summed E-state index contributed by atoms with van der Waals surface area (Å²) in [7, 11) is -3.68. The Morgan fingerprint density at radius 1 is 1.45 bits per heavy atom. The van der Waals surface area contributed by atoms with E-state index in [1.54, 1.807) is 0 Å². The smallest absolute Gasteiger partial charge is 0.240 e.